The lowest BCUT2D eigenvalue weighted by Gasteiger charge is -2.13. The second-order valence-electron chi connectivity index (χ2n) is 2.97. The molecule has 4 nitrogen and oxygen atoms in total. The lowest BCUT2D eigenvalue weighted by molar-refractivity contribution is 0.114. The van der Waals surface area contributed by atoms with Crippen LogP contribution >= 0.6 is 0 Å². The molecular formula is C10H12FNO3. The lowest BCUT2D eigenvalue weighted by Crippen LogP contribution is -2.16. The third-order valence-corrected chi connectivity index (χ3v) is 1.93. The molecule has 1 aromatic rings. The second-order valence-corrected chi connectivity index (χ2v) is 2.97. The quantitative estimate of drug-likeness (QED) is 0.835. The fraction of sp³-hybridized carbons (Fsp3) is 0.300. The number of hydrogen-bond donors (Lipinski definition) is 1. The van der Waals surface area contributed by atoms with Crippen LogP contribution in [0.25, 0.3) is 0 Å². The van der Waals surface area contributed by atoms with Crippen LogP contribution in [0.15, 0.2) is 18.2 Å². The minimum absolute atomic E-state index is 0.230. The van der Waals surface area contributed by atoms with Crippen molar-refractivity contribution in [3.63, 3.8) is 0 Å². The molecule has 0 spiro atoms. The van der Waals surface area contributed by atoms with Crippen LogP contribution in [-0.2, 0) is 4.74 Å². The van der Waals surface area contributed by atoms with Gasteiger partial charge in [0, 0.05) is 5.56 Å². The number of methoxy groups -OCH3 is 1. The van der Waals surface area contributed by atoms with E-state index in [9.17, 15) is 9.18 Å². The number of carbonyl (C=O) groups is 1. The van der Waals surface area contributed by atoms with Gasteiger partial charge in [0.1, 0.15) is 17.7 Å². The molecule has 1 amide bonds. The van der Waals surface area contributed by atoms with Crippen molar-refractivity contribution in [2.24, 2.45) is 5.73 Å². The number of hydrogen-bond acceptors (Lipinski definition) is 3. The van der Waals surface area contributed by atoms with Gasteiger partial charge in [-0.3, -0.25) is 0 Å². The van der Waals surface area contributed by atoms with E-state index < -0.39 is 18.0 Å². The van der Waals surface area contributed by atoms with E-state index >= 15 is 0 Å². The Morgan fingerprint density at radius 1 is 1.53 bits per heavy atom. The predicted octanol–water partition coefficient (Wildman–Crippen LogP) is 1.99. The average molecular weight is 213 g/mol. The fourth-order valence-corrected chi connectivity index (χ4v) is 1.20. The van der Waals surface area contributed by atoms with Crippen LogP contribution in [0.2, 0.25) is 0 Å². The Kier molecular flexibility index (Phi) is 3.49. The van der Waals surface area contributed by atoms with Crippen LogP contribution < -0.4 is 10.5 Å². The summed E-state index contributed by atoms with van der Waals surface area (Å²) in [5.41, 5.74) is 5.07. The first kappa shape index (κ1) is 11.3. The molecule has 15 heavy (non-hydrogen) atoms. The van der Waals surface area contributed by atoms with Crippen LogP contribution in [-0.4, -0.2) is 13.2 Å². The predicted molar refractivity (Wildman–Crippen MR) is 52.0 cm³/mol. The summed E-state index contributed by atoms with van der Waals surface area (Å²) in [6, 6.07) is 4.19. The van der Waals surface area contributed by atoms with Gasteiger partial charge in [-0.25, -0.2) is 9.18 Å². The monoisotopic (exact) mass is 213 g/mol. The molecular weight excluding hydrogens is 201 g/mol. The highest BCUT2D eigenvalue weighted by molar-refractivity contribution is 5.65. The molecule has 0 aromatic heterocycles. The minimum atomic E-state index is -0.940. The van der Waals surface area contributed by atoms with Crippen molar-refractivity contribution >= 4 is 6.09 Å². The minimum Gasteiger partial charge on any atom is -0.497 e. The van der Waals surface area contributed by atoms with E-state index in [-0.39, 0.29) is 5.56 Å². The van der Waals surface area contributed by atoms with Crippen LogP contribution in [0.4, 0.5) is 9.18 Å². The molecule has 0 heterocycles. The number of primary amides is 1. The van der Waals surface area contributed by atoms with Crippen LogP contribution in [0, 0.1) is 5.82 Å². The summed E-state index contributed by atoms with van der Waals surface area (Å²) in [7, 11) is 1.47. The average Bonchev–Trinajstić information content (AvgIpc) is 2.17. The Labute approximate surface area is 86.8 Å². The number of ether oxygens (including phenoxy) is 2. The van der Waals surface area contributed by atoms with Crippen LogP contribution in [0.3, 0.4) is 0 Å². The maximum absolute atomic E-state index is 13.3. The molecule has 0 aliphatic carbocycles. The molecule has 1 aromatic carbocycles. The number of nitrogens with two attached hydrogens (primary N) is 1. The second kappa shape index (κ2) is 4.63. The molecule has 2 N–H and O–H groups in total. The van der Waals surface area contributed by atoms with Crippen molar-refractivity contribution in [1.29, 1.82) is 0 Å². The summed E-state index contributed by atoms with van der Waals surface area (Å²) in [6.45, 7) is 1.53. The van der Waals surface area contributed by atoms with Gasteiger partial charge in [0.15, 0.2) is 0 Å². The maximum atomic E-state index is 13.3. The van der Waals surface area contributed by atoms with Gasteiger partial charge in [-0.2, -0.15) is 0 Å². The van der Waals surface area contributed by atoms with Gasteiger partial charge < -0.3 is 15.2 Å². The Morgan fingerprint density at radius 3 is 2.73 bits per heavy atom. The van der Waals surface area contributed by atoms with E-state index in [0.717, 1.165) is 0 Å². The summed E-state index contributed by atoms with van der Waals surface area (Å²) in [5, 5.41) is 0. The normalized spacial score (nSPS) is 11.9. The molecule has 0 radical (unpaired) electrons. The molecule has 0 saturated heterocycles. The number of amides is 1. The van der Waals surface area contributed by atoms with Gasteiger partial charge >= 0.3 is 6.09 Å². The standard InChI is InChI=1S/C10H12FNO3/c1-6(15-10(12)13)8-5-7(14-2)3-4-9(8)11/h3-6H,1-2H3,(H2,12,13)/t6-/m1/s1. The lowest BCUT2D eigenvalue weighted by atomic mass is 10.1. The zero-order valence-electron chi connectivity index (χ0n) is 8.49. The summed E-state index contributed by atoms with van der Waals surface area (Å²) in [6.07, 6.45) is -1.68. The topological polar surface area (TPSA) is 61.6 Å². The van der Waals surface area contributed by atoms with Gasteiger partial charge in [0.2, 0.25) is 0 Å². The molecule has 0 aliphatic heterocycles. The fourth-order valence-electron chi connectivity index (χ4n) is 1.20. The number of carbonyl (C=O) groups excluding carboxylic acids is 1. The maximum Gasteiger partial charge on any atom is 0.405 e. The van der Waals surface area contributed by atoms with Crippen molar-refractivity contribution in [2.45, 2.75) is 13.0 Å². The van der Waals surface area contributed by atoms with Crippen molar-refractivity contribution in [3.8, 4) is 5.75 Å². The highest BCUT2D eigenvalue weighted by Crippen LogP contribution is 2.24. The van der Waals surface area contributed by atoms with Gasteiger partial charge in [0.25, 0.3) is 0 Å². The Morgan fingerprint density at radius 2 is 2.20 bits per heavy atom. The molecule has 0 unspecified atom stereocenters. The van der Waals surface area contributed by atoms with Gasteiger partial charge in [-0.15, -0.1) is 0 Å². The van der Waals surface area contributed by atoms with E-state index in [1.54, 1.807) is 0 Å². The molecule has 82 valence electrons. The van der Waals surface area contributed by atoms with E-state index in [4.69, 9.17) is 10.5 Å². The van der Waals surface area contributed by atoms with Crippen LogP contribution in [0.1, 0.15) is 18.6 Å². The molecule has 1 rings (SSSR count). The molecule has 0 aliphatic rings. The van der Waals surface area contributed by atoms with Crippen LogP contribution in [0.5, 0.6) is 5.75 Å². The van der Waals surface area contributed by atoms with E-state index in [0.29, 0.717) is 5.75 Å². The Balaban J connectivity index is 2.95. The molecule has 0 saturated carbocycles. The number of halogens is 1. The van der Waals surface area contributed by atoms with Gasteiger partial charge in [-0.05, 0) is 25.1 Å². The first-order chi connectivity index (χ1) is 7.04. The zero-order chi connectivity index (χ0) is 11.4. The first-order valence-corrected chi connectivity index (χ1v) is 4.34. The molecule has 0 fully saturated rings. The summed E-state index contributed by atoms with van der Waals surface area (Å²) in [4.78, 5) is 10.5. The van der Waals surface area contributed by atoms with Gasteiger partial charge in [-0.1, -0.05) is 0 Å². The van der Waals surface area contributed by atoms with Crippen molar-refractivity contribution in [3.05, 3.63) is 29.6 Å². The van der Waals surface area contributed by atoms with Gasteiger partial charge in [0.05, 0.1) is 7.11 Å². The Hall–Kier alpha value is -1.78. The highest BCUT2D eigenvalue weighted by Gasteiger charge is 2.14. The Bertz CT molecular complexity index is 368. The third kappa shape index (κ3) is 2.83. The summed E-state index contributed by atoms with van der Waals surface area (Å²) < 4.78 is 22.9. The number of benzene rings is 1. The van der Waals surface area contributed by atoms with E-state index in [1.807, 2.05) is 0 Å². The first-order valence-electron chi connectivity index (χ1n) is 4.34. The van der Waals surface area contributed by atoms with Crippen molar-refractivity contribution < 1.29 is 18.7 Å². The molecule has 0 bridgehead atoms. The van der Waals surface area contributed by atoms with Crippen molar-refractivity contribution in [1.82, 2.24) is 0 Å². The van der Waals surface area contributed by atoms with E-state index in [2.05, 4.69) is 4.74 Å². The van der Waals surface area contributed by atoms with E-state index in [1.165, 1.54) is 32.2 Å². The third-order valence-electron chi connectivity index (χ3n) is 1.93. The molecule has 5 heteroatoms. The van der Waals surface area contributed by atoms with Crippen molar-refractivity contribution in [2.75, 3.05) is 7.11 Å². The SMILES string of the molecule is COc1ccc(F)c([C@@H](C)OC(N)=O)c1. The zero-order valence-corrected chi connectivity index (χ0v) is 8.49. The number of rotatable bonds is 3. The summed E-state index contributed by atoms with van der Waals surface area (Å²) >= 11 is 0. The summed E-state index contributed by atoms with van der Waals surface area (Å²) in [5.74, 6) is 0.0240. The highest BCUT2D eigenvalue weighted by atomic mass is 19.1. The molecule has 1 atom stereocenters. The smallest absolute Gasteiger partial charge is 0.405 e. The largest absolute Gasteiger partial charge is 0.497 e.